The Kier molecular flexibility index (Phi) is 5.56. The molecule has 2 aromatic rings. The van der Waals surface area contributed by atoms with Gasteiger partial charge in [-0.2, -0.15) is 0 Å². The van der Waals surface area contributed by atoms with Gasteiger partial charge in [-0.15, -0.1) is 11.3 Å². The number of rotatable bonds is 4. The van der Waals surface area contributed by atoms with Gasteiger partial charge < -0.3 is 10.1 Å². The van der Waals surface area contributed by atoms with E-state index in [9.17, 15) is 9.59 Å². The first kappa shape index (κ1) is 17.7. The van der Waals surface area contributed by atoms with Crippen LogP contribution in [0.2, 0.25) is 5.02 Å². The number of carbonyl (C=O) groups is 2. The number of hydrogen-bond donors (Lipinski definition) is 1. The van der Waals surface area contributed by atoms with E-state index in [1.54, 1.807) is 12.1 Å². The Morgan fingerprint density at radius 1 is 1.24 bits per heavy atom. The molecule has 1 amide bonds. The number of hydrogen-bond acceptors (Lipinski definition) is 4. The molecule has 0 aliphatic heterocycles. The molecule has 1 heterocycles. The molecule has 1 aromatic heterocycles. The van der Waals surface area contributed by atoms with Crippen molar-refractivity contribution < 1.29 is 14.3 Å². The predicted octanol–water partition coefficient (Wildman–Crippen LogP) is 4.72. The van der Waals surface area contributed by atoms with Crippen molar-refractivity contribution in [2.75, 3.05) is 12.4 Å². The number of benzene rings is 1. The third-order valence-electron chi connectivity index (χ3n) is 4.12. The molecule has 1 N–H and O–H groups in total. The van der Waals surface area contributed by atoms with Gasteiger partial charge >= 0.3 is 5.97 Å². The predicted molar refractivity (Wildman–Crippen MR) is 101 cm³/mol. The Morgan fingerprint density at radius 3 is 2.76 bits per heavy atom. The summed E-state index contributed by atoms with van der Waals surface area (Å²) in [5.41, 5.74) is 2.29. The van der Waals surface area contributed by atoms with Gasteiger partial charge in [-0.25, -0.2) is 4.79 Å². The molecule has 25 heavy (non-hydrogen) atoms. The van der Waals surface area contributed by atoms with Crippen LogP contribution in [0.4, 0.5) is 5.00 Å². The number of aryl methyl sites for hydroxylation is 1. The molecule has 0 bridgehead atoms. The number of amides is 1. The minimum absolute atomic E-state index is 0.302. The van der Waals surface area contributed by atoms with Gasteiger partial charge in [-0.05, 0) is 49.0 Å². The Hall–Kier alpha value is -2.11. The lowest BCUT2D eigenvalue weighted by Crippen LogP contribution is -2.13. The first-order valence-electron chi connectivity index (χ1n) is 8.06. The number of anilines is 1. The summed E-state index contributed by atoms with van der Waals surface area (Å²) in [4.78, 5) is 25.6. The van der Waals surface area contributed by atoms with Crippen LogP contribution in [-0.2, 0) is 22.4 Å². The fraction of sp³-hybridized carbons (Fsp3) is 0.263. The molecule has 0 atom stereocenters. The fourth-order valence-corrected chi connectivity index (χ4v) is 4.38. The van der Waals surface area contributed by atoms with Gasteiger partial charge in [0.2, 0.25) is 5.91 Å². The van der Waals surface area contributed by atoms with Crippen molar-refractivity contribution in [3.63, 3.8) is 0 Å². The third-order valence-corrected chi connectivity index (χ3v) is 5.67. The van der Waals surface area contributed by atoms with Crippen LogP contribution >= 0.6 is 22.9 Å². The topological polar surface area (TPSA) is 55.4 Å². The van der Waals surface area contributed by atoms with Crippen LogP contribution in [0.15, 0.2) is 30.3 Å². The largest absolute Gasteiger partial charge is 0.465 e. The van der Waals surface area contributed by atoms with Crippen LogP contribution in [0.5, 0.6) is 0 Å². The number of thiophene rings is 1. The van der Waals surface area contributed by atoms with E-state index in [1.807, 2.05) is 18.2 Å². The van der Waals surface area contributed by atoms with Crippen molar-refractivity contribution >= 4 is 45.9 Å². The highest BCUT2D eigenvalue weighted by Gasteiger charge is 2.26. The van der Waals surface area contributed by atoms with Gasteiger partial charge in [0.05, 0.1) is 12.7 Å². The molecule has 0 spiro atoms. The second-order valence-electron chi connectivity index (χ2n) is 5.75. The summed E-state index contributed by atoms with van der Waals surface area (Å²) in [5, 5.41) is 3.96. The number of nitrogens with one attached hydrogen (secondary N) is 1. The minimum Gasteiger partial charge on any atom is -0.465 e. The van der Waals surface area contributed by atoms with Crippen LogP contribution in [0.1, 0.15) is 39.2 Å². The zero-order valence-corrected chi connectivity index (χ0v) is 15.4. The second-order valence-corrected chi connectivity index (χ2v) is 7.26. The number of halogens is 1. The van der Waals surface area contributed by atoms with Gasteiger partial charge in [0.15, 0.2) is 0 Å². The minimum atomic E-state index is -0.398. The first-order valence-corrected chi connectivity index (χ1v) is 9.26. The summed E-state index contributed by atoms with van der Waals surface area (Å²) < 4.78 is 4.91. The van der Waals surface area contributed by atoms with E-state index in [-0.39, 0.29) is 5.91 Å². The normalized spacial score (nSPS) is 13.5. The van der Waals surface area contributed by atoms with Crippen molar-refractivity contribution in [2.24, 2.45) is 0 Å². The summed E-state index contributed by atoms with van der Waals surface area (Å²) in [7, 11) is 1.36. The van der Waals surface area contributed by atoms with Gasteiger partial charge in [0, 0.05) is 16.0 Å². The molecule has 0 radical (unpaired) electrons. The summed E-state index contributed by atoms with van der Waals surface area (Å²) in [5.74, 6) is -0.701. The molecule has 3 rings (SSSR count). The van der Waals surface area contributed by atoms with Gasteiger partial charge in [0.1, 0.15) is 5.00 Å². The standard InChI is InChI=1S/C19H18ClNO3S/c1-24-19(23)17-13-7-3-5-9-15(13)25-18(17)21-16(22)11-10-12-6-2-4-8-14(12)20/h2,4,6,8,10-11H,3,5,7,9H2,1H3,(H,21,22). The maximum Gasteiger partial charge on any atom is 0.341 e. The van der Waals surface area contributed by atoms with Crippen molar-refractivity contribution in [1.82, 2.24) is 0 Å². The first-order chi connectivity index (χ1) is 12.1. The van der Waals surface area contributed by atoms with Gasteiger partial charge in [-0.3, -0.25) is 4.79 Å². The molecule has 130 valence electrons. The molecular formula is C19H18ClNO3S. The van der Waals surface area contributed by atoms with Crippen LogP contribution < -0.4 is 5.32 Å². The molecule has 1 aliphatic rings. The molecule has 1 aromatic carbocycles. The Bertz CT molecular complexity index is 841. The smallest absolute Gasteiger partial charge is 0.341 e. The molecular weight excluding hydrogens is 358 g/mol. The summed E-state index contributed by atoms with van der Waals surface area (Å²) in [6, 6.07) is 7.28. The lowest BCUT2D eigenvalue weighted by molar-refractivity contribution is -0.111. The molecule has 4 nitrogen and oxygen atoms in total. The quantitative estimate of drug-likeness (QED) is 0.621. The fourth-order valence-electron chi connectivity index (χ4n) is 2.90. The summed E-state index contributed by atoms with van der Waals surface area (Å²) in [6.45, 7) is 0. The van der Waals surface area contributed by atoms with Crippen LogP contribution in [0.25, 0.3) is 6.08 Å². The van der Waals surface area contributed by atoms with Crippen LogP contribution in [0, 0.1) is 0 Å². The highest BCUT2D eigenvalue weighted by molar-refractivity contribution is 7.17. The van der Waals surface area contributed by atoms with Crippen molar-refractivity contribution in [1.29, 1.82) is 0 Å². The van der Waals surface area contributed by atoms with E-state index in [2.05, 4.69) is 5.32 Å². The lowest BCUT2D eigenvalue weighted by Gasteiger charge is -2.11. The maximum atomic E-state index is 12.3. The molecule has 1 aliphatic carbocycles. The van der Waals surface area contributed by atoms with E-state index in [0.717, 1.165) is 41.7 Å². The van der Waals surface area contributed by atoms with Crippen LogP contribution in [-0.4, -0.2) is 19.0 Å². The molecule has 0 saturated heterocycles. The summed E-state index contributed by atoms with van der Waals surface area (Å²) >= 11 is 7.55. The number of methoxy groups -OCH3 is 1. The number of fused-ring (bicyclic) bond motifs is 1. The zero-order valence-electron chi connectivity index (χ0n) is 13.8. The third kappa shape index (κ3) is 3.94. The zero-order chi connectivity index (χ0) is 17.8. The lowest BCUT2D eigenvalue weighted by atomic mass is 9.95. The van der Waals surface area contributed by atoms with Gasteiger partial charge in [-0.1, -0.05) is 29.8 Å². The average Bonchev–Trinajstić information content (AvgIpc) is 2.98. The molecule has 6 heteroatoms. The number of esters is 1. The van der Waals surface area contributed by atoms with E-state index in [0.29, 0.717) is 15.6 Å². The SMILES string of the molecule is COC(=O)c1c(NC(=O)C=Cc2ccccc2Cl)sc2c1CCCC2. The Balaban J connectivity index is 1.82. The van der Waals surface area contributed by atoms with E-state index < -0.39 is 5.97 Å². The maximum absolute atomic E-state index is 12.3. The highest BCUT2D eigenvalue weighted by atomic mass is 35.5. The van der Waals surface area contributed by atoms with E-state index in [4.69, 9.17) is 16.3 Å². The van der Waals surface area contributed by atoms with Crippen molar-refractivity contribution in [2.45, 2.75) is 25.7 Å². The monoisotopic (exact) mass is 375 g/mol. The van der Waals surface area contributed by atoms with E-state index in [1.165, 1.54) is 24.5 Å². The highest BCUT2D eigenvalue weighted by Crippen LogP contribution is 2.38. The summed E-state index contributed by atoms with van der Waals surface area (Å²) in [6.07, 6.45) is 7.02. The van der Waals surface area contributed by atoms with Gasteiger partial charge in [0.25, 0.3) is 0 Å². The molecule has 0 unspecified atom stereocenters. The van der Waals surface area contributed by atoms with E-state index >= 15 is 0 Å². The van der Waals surface area contributed by atoms with Crippen molar-refractivity contribution in [3.05, 3.63) is 56.9 Å². The number of ether oxygens (including phenoxy) is 1. The number of carbonyl (C=O) groups excluding carboxylic acids is 2. The Labute approximate surface area is 155 Å². The van der Waals surface area contributed by atoms with Crippen LogP contribution in [0.3, 0.4) is 0 Å². The average molecular weight is 376 g/mol. The van der Waals surface area contributed by atoms with Crippen molar-refractivity contribution in [3.8, 4) is 0 Å². The second kappa shape index (κ2) is 7.85. The Morgan fingerprint density at radius 2 is 2.00 bits per heavy atom. The molecule has 0 saturated carbocycles. The molecule has 0 fully saturated rings.